The Bertz CT molecular complexity index is 938. The molecule has 0 spiro atoms. The number of carbonyl (C=O) groups is 3. The number of rotatable bonds is 6. The van der Waals surface area contributed by atoms with Crippen molar-refractivity contribution in [2.75, 3.05) is 4.90 Å². The van der Waals surface area contributed by atoms with Crippen molar-refractivity contribution >= 4 is 23.5 Å². The van der Waals surface area contributed by atoms with Crippen LogP contribution in [0, 0.1) is 11.8 Å². The highest BCUT2D eigenvalue weighted by Crippen LogP contribution is 2.32. The smallest absolute Gasteiger partial charge is 0.341 e. The molecule has 1 aromatic carbocycles. The number of anilines is 1. The van der Waals surface area contributed by atoms with Gasteiger partial charge in [0.2, 0.25) is 5.91 Å². The number of aromatic nitrogens is 2. The molecule has 1 aromatic heterocycles. The van der Waals surface area contributed by atoms with Crippen molar-refractivity contribution in [3.05, 3.63) is 41.6 Å². The predicted octanol–water partition coefficient (Wildman–Crippen LogP) is 4.34. The first kappa shape index (κ1) is 21.7. The topological polar surface area (TPSA) is 92.5 Å². The maximum atomic E-state index is 13.3. The third kappa shape index (κ3) is 4.45. The van der Waals surface area contributed by atoms with Gasteiger partial charge in [-0.15, -0.1) is 5.10 Å². The largest absolute Gasteiger partial charge is 0.477 e. The number of nitrogens with zero attached hydrogens (tertiary/aromatic N) is 3. The van der Waals surface area contributed by atoms with E-state index in [0.29, 0.717) is 17.2 Å². The molecule has 0 atom stereocenters. The van der Waals surface area contributed by atoms with Crippen molar-refractivity contribution < 1.29 is 19.5 Å². The van der Waals surface area contributed by atoms with Crippen LogP contribution in [0.5, 0.6) is 0 Å². The van der Waals surface area contributed by atoms with Gasteiger partial charge in [-0.3, -0.25) is 14.5 Å². The van der Waals surface area contributed by atoms with Crippen LogP contribution in [0.4, 0.5) is 5.82 Å². The first-order valence-electron chi connectivity index (χ1n) is 10.5. The summed E-state index contributed by atoms with van der Waals surface area (Å²) in [6, 6.07) is 6.55. The number of aromatic carboxylic acids is 1. The lowest BCUT2D eigenvalue weighted by Crippen LogP contribution is -2.43. The van der Waals surface area contributed by atoms with Crippen LogP contribution >= 0.6 is 0 Å². The van der Waals surface area contributed by atoms with Gasteiger partial charge in [0, 0.05) is 23.7 Å². The van der Waals surface area contributed by atoms with E-state index in [0.717, 1.165) is 25.7 Å². The van der Waals surface area contributed by atoms with Crippen molar-refractivity contribution in [2.24, 2.45) is 11.8 Å². The van der Waals surface area contributed by atoms with Crippen LogP contribution in [0.25, 0.3) is 5.69 Å². The Hall–Kier alpha value is -2.96. The van der Waals surface area contributed by atoms with Crippen molar-refractivity contribution in [2.45, 2.75) is 59.4 Å². The molecule has 0 unspecified atom stereocenters. The lowest BCUT2D eigenvalue weighted by molar-refractivity contribution is -0.124. The zero-order chi connectivity index (χ0) is 22.0. The second-order valence-corrected chi connectivity index (χ2v) is 8.48. The SMILES string of the molecule is CC(=O)c1ccc(-n2cc(C(=O)O)c(N(C(=O)C3CCC(C)CC3)C(C)C)n2)cc1. The molecular formula is C23H29N3O4. The number of carboxylic acids is 1. The Labute approximate surface area is 176 Å². The molecule has 0 saturated heterocycles. The van der Waals surface area contributed by atoms with Gasteiger partial charge in [-0.25, -0.2) is 9.48 Å². The van der Waals surface area contributed by atoms with Gasteiger partial charge in [0.25, 0.3) is 0 Å². The quantitative estimate of drug-likeness (QED) is 0.714. The molecule has 160 valence electrons. The Morgan fingerprint density at radius 3 is 2.20 bits per heavy atom. The number of amides is 1. The highest BCUT2D eigenvalue weighted by atomic mass is 16.4. The predicted molar refractivity (Wildman–Crippen MR) is 114 cm³/mol. The molecule has 7 heteroatoms. The van der Waals surface area contributed by atoms with Crippen LogP contribution in [-0.4, -0.2) is 38.6 Å². The fourth-order valence-electron chi connectivity index (χ4n) is 3.98. The molecule has 0 bridgehead atoms. The Kier molecular flexibility index (Phi) is 6.39. The summed E-state index contributed by atoms with van der Waals surface area (Å²) in [6.45, 7) is 7.43. The number of carboxylic acid groups (broad SMARTS) is 1. The van der Waals surface area contributed by atoms with E-state index < -0.39 is 5.97 Å². The Morgan fingerprint density at radius 1 is 1.10 bits per heavy atom. The summed E-state index contributed by atoms with van der Waals surface area (Å²) in [5, 5.41) is 14.2. The number of carbonyl (C=O) groups excluding carboxylic acids is 2. The van der Waals surface area contributed by atoms with Gasteiger partial charge in [0.05, 0.1) is 5.69 Å². The van der Waals surface area contributed by atoms with Crippen LogP contribution in [0.15, 0.2) is 30.5 Å². The summed E-state index contributed by atoms with van der Waals surface area (Å²) in [5.74, 6) is -0.563. The minimum atomic E-state index is -1.13. The lowest BCUT2D eigenvalue weighted by atomic mass is 9.82. The maximum absolute atomic E-state index is 13.3. The standard InChI is InChI=1S/C23H29N3O4/c1-14(2)26(22(28)18-7-5-15(3)6-8-18)21-20(23(29)30)13-25(24-21)19-11-9-17(10-12-19)16(4)27/h9-15,18H,5-8H2,1-4H3,(H,29,30). The normalized spacial score (nSPS) is 19.0. The van der Waals surface area contributed by atoms with E-state index in [1.165, 1.54) is 22.7 Å². The van der Waals surface area contributed by atoms with Crippen LogP contribution < -0.4 is 4.90 Å². The Morgan fingerprint density at radius 2 is 1.70 bits per heavy atom. The van der Waals surface area contributed by atoms with Crippen molar-refractivity contribution in [3.8, 4) is 5.69 Å². The first-order chi connectivity index (χ1) is 14.2. The molecule has 1 amide bonds. The summed E-state index contributed by atoms with van der Waals surface area (Å²) in [5.41, 5.74) is 1.17. The number of Topliss-reactive ketones (excluding diaryl/α,β-unsaturated/α-hetero) is 1. The molecular weight excluding hydrogens is 382 g/mol. The maximum Gasteiger partial charge on any atom is 0.341 e. The van der Waals surface area contributed by atoms with Crippen molar-refractivity contribution in [3.63, 3.8) is 0 Å². The molecule has 3 rings (SSSR count). The van der Waals surface area contributed by atoms with Gasteiger partial charge in [-0.2, -0.15) is 0 Å². The van der Waals surface area contributed by atoms with Crippen LogP contribution in [0.3, 0.4) is 0 Å². The molecule has 2 aromatic rings. The third-order valence-electron chi connectivity index (χ3n) is 5.81. The average molecular weight is 412 g/mol. The number of hydrogen-bond donors (Lipinski definition) is 1. The summed E-state index contributed by atoms with van der Waals surface area (Å²) < 4.78 is 1.45. The molecule has 30 heavy (non-hydrogen) atoms. The average Bonchev–Trinajstić information content (AvgIpc) is 3.13. The van der Waals surface area contributed by atoms with Gasteiger partial charge in [0.15, 0.2) is 11.6 Å². The van der Waals surface area contributed by atoms with Crippen molar-refractivity contribution in [1.29, 1.82) is 0 Å². The monoisotopic (exact) mass is 411 g/mol. The zero-order valence-electron chi connectivity index (χ0n) is 18.0. The summed E-state index contributed by atoms with van der Waals surface area (Å²) in [6.07, 6.45) is 5.07. The van der Waals surface area contributed by atoms with E-state index >= 15 is 0 Å². The molecule has 0 radical (unpaired) electrons. The van der Waals surface area contributed by atoms with E-state index in [1.807, 2.05) is 13.8 Å². The fraction of sp³-hybridized carbons (Fsp3) is 0.478. The molecule has 1 aliphatic rings. The molecule has 1 N–H and O–H groups in total. The van der Waals surface area contributed by atoms with Gasteiger partial charge in [0.1, 0.15) is 5.56 Å². The molecule has 7 nitrogen and oxygen atoms in total. The van der Waals surface area contributed by atoms with E-state index in [4.69, 9.17) is 0 Å². The van der Waals surface area contributed by atoms with E-state index in [1.54, 1.807) is 24.3 Å². The highest BCUT2D eigenvalue weighted by Gasteiger charge is 2.34. The second-order valence-electron chi connectivity index (χ2n) is 8.48. The zero-order valence-corrected chi connectivity index (χ0v) is 18.0. The third-order valence-corrected chi connectivity index (χ3v) is 5.81. The van der Waals surface area contributed by atoms with Crippen molar-refractivity contribution in [1.82, 2.24) is 9.78 Å². The molecule has 1 aliphatic carbocycles. The summed E-state index contributed by atoms with van der Waals surface area (Å²) in [7, 11) is 0. The molecule has 0 aliphatic heterocycles. The molecule has 1 saturated carbocycles. The van der Waals surface area contributed by atoms with Crippen LogP contribution in [0.2, 0.25) is 0 Å². The molecule has 1 heterocycles. The second kappa shape index (κ2) is 8.81. The number of ketones is 1. The van der Waals surface area contributed by atoms with Gasteiger partial charge >= 0.3 is 5.97 Å². The highest BCUT2D eigenvalue weighted by molar-refractivity contribution is 6.02. The van der Waals surface area contributed by atoms with Crippen LogP contribution in [-0.2, 0) is 4.79 Å². The lowest BCUT2D eigenvalue weighted by Gasteiger charge is -2.32. The van der Waals surface area contributed by atoms with Gasteiger partial charge < -0.3 is 5.11 Å². The van der Waals surface area contributed by atoms with E-state index in [9.17, 15) is 19.5 Å². The first-order valence-corrected chi connectivity index (χ1v) is 10.5. The molecule has 1 fully saturated rings. The summed E-state index contributed by atoms with van der Waals surface area (Å²) >= 11 is 0. The minimum Gasteiger partial charge on any atom is -0.477 e. The van der Waals surface area contributed by atoms with Crippen LogP contribution in [0.1, 0.15) is 74.1 Å². The number of hydrogen-bond acceptors (Lipinski definition) is 4. The summed E-state index contributed by atoms with van der Waals surface area (Å²) in [4.78, 5) is 38.3. The van der Waals surface area contributed by atoms with Gasteiger partial charge in [-0.1, -0.05) is 6.92 Å². The van der Waals surface area contributed by atoms with Gasteiger partial charge in [-0.05, 0) is 76.6 Å². The Balaban J connectivity index is 1.98. The minimum absolute atomic E-state index is 0.0168. The fourth-order valence-corrected chi connectivity index (χ4v) is 3.98. The van der Waals surface area contributed by atoms with E-state index in [-0.39, 0.29) is 35.0 Å². The van der Waals surface area contributed by atoms with E-state index in [2.05, 4.69) is 12.0 Å². The number of benzene rings is 1.